The Labute approximate surface area is 120 Å². The third kappa shape index (κ3) is 3.81. The lowest BCUT2D eigenvalue weighted by atomic mass is 9.95. The number of likely N-dealkylation sites (tertiary alicyclic amines) is 1. The number of anilines is 1. The van der Waals surface area contributed by atoms with Gasteiger partial charge in [0.05, 0.1) is 12.1 Å². The van der Waals surface area contributed by atoms with Crippen LogP contribution in [0.25, 0.3) is 0 Å². The van der Waals surface area contributed by atoms with Crippen molar-refractivity contribution in [3.05, 3.63) is 29.3 Å². The third-order valence-electron chi connectivity index (χ3n) is 3.87. The van der Waals surface area contributed by atoms with Gasteiger partial charge in [-0.05, 0) is 51.3 Å². The topological polar surface area (TPSA) is 52.6 Å². The van der Waals surface area contributed by atoms with E-state index < -0.39 is 5.60 Å². The van der Waals surface area contributed by atoms with E-state index in [-0.39, 0.29) is 5.91 Å². The summed E-state index contributed by atoms with van der Waals surface area (Å²) in [4.78, 5) is 14.2. The van der Waals surface area contributed by atoms with Gasteiger partial charge < -0.3 is 10.4 Å². The van der Waals surface area contributed by atoms with E-state index >= 15 is 0 Å². The van der Waals surface area contributed by atoms with Crippen molar-refractivity contribution in [2.24, 2.45) is 0 Å². The van der Waals surface area contributed by atoms with Gasteiger partial charge in [-0.1, -0.05) is 18.2 Å². The van der Waals surface area contributed by atoms with Gasteiger partial charge in [0.2, 0.25) is 5.91 Å². The highest BCUT2D eigenvalue weighted by atomic mass is 16.3. The molecule has 20 heavy (non-hydrogen) atoms. The molecule has 1 atom stereocenters. The quantitative estimate of drug-likeness (QED) is 0.889. The zero-order valence-electron chi connectivity index (χ0n) is 12.6. The van der Waals surface area contributed by atoms with E-state index in [1.54, 1.807) is 0 Å². The Hall–Kier alpha value is -1.39. The lowest BCUT2D eigenvalue weighted by Gasteiger charge is -2.36. The monoisotopic (exact) mass is 276 g/mol. The van der Waals surface area contributed by atoms with Crippen molar-refractivity contribution in [1.82, 2.24) is 4.90 Å². The molecular formula is C16H24N2O2. The number of para-hydroxylation sites is 1. The fourth-order valence-electron chi connectivity index (χ4n) is 2.85. The minimum atomic E-state index is -0.670. The van der Waals surface area contributed by atoms with Crippen LogP contribution in [0.15, 0.2) is 18.2 Å². The number of amides is 1. The minimum absolute atomic E-state index is 0.0138. The van der Waals surface area contributed by atoms with Crippen LogP contribution < -0.4 is 5.32 Å². The fraction of sp³-hybridized carbons (Fsp3) is 0.562. The molecule has 1 aromatic rings. The minimum Gasteiger partial charge on any atom is -0.389 e. The molecule has 4 nitrogen and oxygen atoms in total. The van der Waals surface area contributed by atoms with Gasteiger partial charge in [0, 0.05) is 12.2 Å². The summed E-state index contributed by atoms with van der Waals surface area (Å²) in [6.45, 7) is 7.60. The molecule has 1 amide bonds. The van der Waals surface area contributed by atoms with E-state index in [4.69, 9.17) is 0 Å². The number of carbonyl (C=O) groups excluding carboxylic acids is 1. The average molecular weight is 276 g/mol. The largest absolute Gasteiger partial charge is 0.389 e. The van der Waals surface area contributed by atoms with Crippen molar-refractivity contribution in [3.63, 3.8) is 0 Å². The summed E-state index contributed by atoms with van der Waals surface area (Å²) in [5.74, 6) is -0.0138. The lowest BCUT2D eigenvalue weighted by Crippen LogP contribution is -2.48. The smallest absolute Gasteiger partial charge is 0.238 e. The predicted molar refractivity (Wildman–Crippen MR) is 80.8 cm³/mol. The summed E-state index contributed by atoms with van der Waals surface area (Å²) in [7, 11) is 0. The molecule has 0 aliphatic carbocycles. The molecule has 0 saturated carbocycles. The van der Waals surface area contributed by atoms with Gasteiger partial charge in [-0.25, -0.2) is 0 Å². The molecule has 0 spiro atoms. The first kappa shape index (κ1) is 15.0. The molecule has 0 aromatic heterocycles. The Morgan fingerprint density at radius 1 is 1.40 bits per heavy atom. The second-order valence-corrected chi connectivity index (χ2v) is 6.13. The lowest BCUT2D eigenvalue weighted by molar-refractivity contribution is -0.118. The van der Waals surface area contributed by atoms with Gasteiger partial charge in [-0.3, -0.25) is 9.69 Å². The first-order valence-corrected chi connectivity index (χ1v) is 7.18. The van der Waals surface area contributed by atoms with Crippen LogP contribution in [0.5, 0.6) is 0 Å². The molecule has 1 fully saturated rings. The van der Waals surface area contributed by atoms with Gasteiger partial charge in [0.1, 0.15) is 0 Å². The zero-order valence-corrected chi connectivity index (χ0v) is 12.6. The normalized spacial score (nSPS) is 23.6. The van der Waals surface area contributed by atoms with E-state index in [9.17, 15) is 9.90 Å². The number of carbonyl (C=O) groups is 1. The number of rotatable bonds is 3. The second-order valence-electron chi connectivity index (χ2n) is 6.13. The number of benzene rings is 1. The van der Waals surface area contributed by atoms with Crippen LogP contribution in [0, 0.1) is 13.8 Å². The zero-order chi connectivity index (χ0) is 14.8. The van der Waals surface area contributed by atoms with Crippen molar-refractivity contribution < 1.29 is 9.90 Å². The van der Waals surface area contributed by atoms with Gasteiger partial charge in [0.25, 0.3) is 0 Å². The molecular weight excluding hydrogens is 252 g/mol. The number of piperidine rings is 1. The summed E-state index contributed by atoms with van der Waals surface area (Å²) < 4.78 is 0. The van der Waals surface area contributed by atoms with E-state index in [1.807, 2.05) is 43.9 Å². The summed E-state index contributed by atoms with van der Waals surface area (Å²) in [6, 6.07) is 5.98. The maximum atomic E-state index is 12.2. The Bertz CT molecular complexity index is 477. The Balaban J connectivity index is 1.96. The summed E-state index contributed by atoms with van der Waals surface area (Å²) in [5, 5.41) is 13.1. The van der Waals surface area contributed by atoms with Crippen LogP contribution >= 0.6 is 0 Å². The van der Waals surface area contributed by atoms with Gasteiger partial charge in [-0.15, -0.1) is 0 Å². The Morgan fingerprint density at radius 3 is 2.65 bits per heavy atom. The number of β-amino-alcohol motifs (C(OH)–C–C–N with tert-alkyl or cyclic N) is 1. The molecule has 0 bridgehead atoms. The van der Waals surface area contributed by atoms with Crippen molar-refractivity contribution in [2.75, 3.05) is 25.0 Å². The summed E-state index contributed by atoms with van der Waals surface area (Å²) >= 11 is 0. The average Bonchev–Trinajstić information content (AvgIpc) is 2.33. The SMILES string of the molecule is Cc1cccc(C)c1NC(=O)CN1CCCC(C)(O)C1. The van der Waals surface area contributed by atoms with Crippen LogP contribution in [0.1, 0.15) is 30.9 Å². The fourth-order valence-corrected chi connectivity index (χ4v) is 2.85. The van der Waals surface area contributed by atoms with Crippen LogP contribution in [0.4, 0.5) is 5.69 Å². The maximum absolute atomic E-state index is 12.2. The molecule has 1 saturated heterocycles. The van der Waals surface area contributed by atoms with Crippen LogP contribution in [0.3, 0.4) is 0 Å². The number of hydrogen-bond donors (Lipinski definition) is 2. The Kier molecular flexibility index (Phi) is 4.45. The Morgan fingerprint density at radius 2 is 2.05 bits per heavy atom. The van der Waals surface area contributed by atoms with Crippen molar-refractivity contribution in [2.45, 2.75) is 39.2 Å². The second kappa shape index (κ2) is 5.94. The molecule has 2 rings (SSSR count). The van der Waals surface area contributed by atoms with Gasteiger partial charge in [0.15, 0.2) is 0 Å². The van der Waals surface area contributed by atoms with E-state index in [0.29, 0.717) is 13.1 Å². The number of nitrogens with zero attached hydrogens (tertiary/aromatic N) is 1. The highest BCUT2D eigenvalue weighted by molar-refractivity contribution is 5.93. The van der Waals surface area contributed by atoms with Gasteiger partial charge >= 0.3 is 0 Å². The van der Waals surface area contributed by atoms with E-state index in [1.165, 1.54) is 0 Å². The van der Waals surface area contributed by atoms with Gasteiger partial charge in [-0.2, -0.15) is 0 Å². The number of aliphatic hydroxyl groups is 1. The molecule has 110 valence electrons. The van der Waals surface area contributed by atoms with Crippen LogP contribution in [0.2, 0.25) is 0 Å². The van der Waals surface area contributed by atoms with Crippen LogP contribution in [-0.4, -0.2) is 41.1 Å². The first-order chi connectivity index (χ1) is 9.37. The summed E-state index contributed by atoms with van der Waals surface area (Å²) in [6.07, 6.45) is 1.74. The summed E-state index contributed by atoms with van der Waals surface area (Å²) in [5.41, 5.74) is 2.38. The van der Waals surface area contributed by atoms with E-state index in [2.05, 4.69) is 5.32 Å². The highest BCUT2D eigenvalue weighted by Crippen LogP contribution is 2.21. The van der Waals surface area contributed by atoms with Crippen LogP contribution in [-0.2, 0) is 4.79 Å². The number of aryl methyl sites for hydroxylation is 2. The molecule has 1 unspecified atom stereocenters. The van der Waals surface area contributed by atoms with Crippen molar-refractivity contribution >= 4 is 11.6 Å². The molecule has 1 aliphatic rings. The maximum Gasteiger partial charge on any atom is 0.238 e. The highest BCUT2D eigenvalue weighted by Gasteiger charge is 2.29. The van der Waals surface area contributed by atoms with Crippen molar-refractivity contribution in [1.29, 1.82) is 0 Å². The molecule has 4 heteroatoms. The van der Waals surface area contributed by atoms with E-state index in [0.717, 1.165) is 36.2 Å². The molecule has 1 aliphatic heterocycles. The number of hydrogen-bond acceptors (Lipinski definition) is 3. The predicted octanol–water partition coefficient (Wildman–Crippen LogP) is 2.09. The molecule has 1 heterocycles. The molecule has 0 radical (unpaired) electrons. The van der Waals surface area contributed by atoms with Crippen molar-refractivity contribution in [3.8, 4) is 0 Å². The standard InChI is InChI=1S/C16H24N2O2/c1-12-6-4-7-13(2)15(12)17-14(19)10-18-9-5-8-16(3,20)11-18/h4,6-7,20H,5,8-11H2,1-3H3,(H,17,19). The number of nitrogens with one attached hydrogen (secondary N) is 1. The molecule has 2 N–H and O–H groups in total. The third-order valence-corrected chi connectivity index (χ3v) is 3.87. The first-order valence-electron chi connectivity index (χ1n) is 7.18. The molecule has 1 aromatic carbocycles.